The van der Waals surface area contributed by atoms with Gasteiger partial charge in [-0.3, -0.25) is 0 Å². The van der Waals surface area contributed by atoms with Crippen molar-refractivity contribution < 1.29 is 4.74 Å². The summed E-state index contributed by atoms with van der Waals surface area (Å²) in [5.74, 6) is 1.70. The van der Waals surface area contributed by atoms with Gasteiger partial charge in [0, 0.05) is 23.8 Å². The number of hydrogen-bond acceptors (Lipinski definition) is 3. The van der Waals surface area contributed by atoms with Crippen molar-refractivity contribution in [3.63, 3.8) is 0 Å². The third kappa shape index (κ3) is 5.49. The van der Waals surface area contributed by atoms with E-state index < -0.39 is 0 Å². The molecule has 0 spiro atoms. The second-order valence-corrected chi connectivity index (χ2v) is 6.84. The number of nitrogens with one attached hydrogen (secondary N) is 1. The second kappa shape index (κ2) is 6.57. The Balaban J connectivity index is 1.95. The van der Waals surface area contributed by atoms with Gasteiger partial charge in [-0.1, -0.05) is 19.8 Å². The molecule has 0 aromatic carbocycles. The van der Waals surface area contributed by atoms with Crippen LogP contribution in [0.3, 0.4) is 0 Å². The largest absolute Gasteiger partial charge is 0.478 e. The van der Waals surface area contributed by atoms with Crippen molar-refractivity contribution in [2.24, 2.45) is 5.92 Å². The molecule has 1 heterocycles. The molecule has 1 aliphatic rings. The van der Waals surface area contributed by atoms with Gasteiger partial charge in [0.25, 0.3) is 0 Å². The molecular weight excluding hydrogens is 248 g/mol. The van der Waals surface area contributed by atoms with Crippen molar-refractivity contribution in [2.45, 2.75) is 65.5 Å². The van der Waals surface area contributed by atoms with Gasteiger partial charge in [0.1, 0.15) is 0 Å². The Labute approximate surface area is 123 Å². The molecule has 112 valence electrons. The molecule has 0 amide bonds. The highest BCUT2D eigenvalue weighted by atomic mass is 16.5. The fraction of sp³-hybridized carbons (Fsp3) is 0.706. The minimum atomic E-state index is 0.128. The van der Waals surface area contributed by atoms with Gasteiger partial charge in [0.15, 0.2) is 0 Å². The highest BCUT2D eigenvalue weighted by Crippen LogP contribution is 2.32. The minimum absolute atomic E-state index is 0.128. The third-order valence-corrected chi connectivity index (χ3v) is 3.57. The Morgan fingerprint density at radius 1 is 1.30 bits per heavy atom. The van der Waals surface area contributed by atoms with Crippen LogP contribution < -0.4 is 10.1 Å². The molecule has 2 rings (SSSR count). The van der Waals surface area contributed by atoms with E-state index in [2.05, 4.69) is 50.1 Å². The first kappa shape index (κ1) is 15.3. The summed E-state index contributed by atoms with van der Waals surface area (Å²) in [5.41, 5.74) is 2.50. The van der Waals surface area contributed by atoms with Gasteiger partial charge < -0.3 is 10.1 Å². The number of ether oxygens (including phenoxy) is 1. The summed E-state index contributed by atoms with van der Waals surface area (Å²) in [5, 5.41) is 3.52. The lowest BCUT2D eigenvalue weighted by molar-refractivity contribution is 0.290. The zero-order valence-electron chi connectivity index (χ0n) is 13.3. The number of aromatic nitrogens is 1. The Kier molecular flexibility index (Phi) is 5.03. The monoisotopic (exact) mass is 276 g/mol. The zero-order chi connectivity index (χ0) is 14.6. The van der Waals surface area contributed by atoms with E-state index in [0.717, 1.165) is 37.1 Å². The molecule has 1 N–H and O–H groups in total. The van der Waals surface area contributed by atoms with Gasteiger partial charge in [0.05, 0.1) is 6.61 Å². The van der Waals surface area contributed by atoms with Gasteiger partial charge >= 0.3 is 0 Å². The first-order valence-electron chi connectivity index (χ1n) is 7.84. The lowest BCUT2D eigenvalue weighted by Crippen LogP contribution is -2.35. The lowest BCUT2D eigenvalue weighted by atomic mass is 10.1. The summed E-state index contributed by atoms with van der Waals surface area (Å²) in [4.78, 5) is 4.56. The molecule has 20 heavy (non-hydrogen) atoms. The Morgan fingerprint density at radius 2 is 2.05 bits per heavy atom. The maximum absolute atomic E-state index is 5.83. The Hall–Kier alpha value is -1.09. The van der Waals surface area contributed by atoms with E-state index in [1.165, 1.54) is 24.8 Å². The van der Waals surface area contributed by atoms with Crippen molar-refractivity contribution >= 4 is 0 Å². The number of nitrogens with zero attached hydrogens (tertiary/aromatic N) is 1. The molecule has 1 aliphatic carbocycles. The number of aryl methyl sites for hydroxylation is 1. The van der Waals surface area contributed by atoms with Gasteiger partial charge in [-0.15, -0.1) is 0 Å². The van der Waals surface area contributed by atoms with Gasteiger partial charge in [-0.05, 0) is 51.2 Å². The standard InChI is InChI=1S/C17H28N2O/c1-5-15-10-14(12-18-17(2,3)4)11-16(19-15)20-9-8-13-6-7-13/h10-11,13,18H,5-9,12H2,1-4H3. The van der Waals surface area contributed by atoms with E-state index in [-0.39, 0.29) is 5.54 Å². The smallest absolute Gasteiger partial charge is 0.213 e. The number of hydrogen-bond donors (Lipinski definition) is 1. The summed E-state index contributed by atoms with van der Waals surface area (Å²) in [6.45, 7) is 10.3. The lowest BCUT2D eigenvalue weighted by Gasteiger charge is -2.21. The van der Waals surface area contributed by atoms with E-state index in [1.807, 2.05) is 0 Å². The molecule has 0 unspecified atom stereocenters. The molecule has 1 saturated carbocycles. The summed E-state index contributed by atoms with van der Waals surface area (Å²) in [6.07, 6.45) is 4.88. The van der Waals surface area contributed by atoms with Gasteiger partial charge in [-0.25, -0.2) is 4.98 Å². The predicted molar refractivity (Wildman–Crippen MR) is 83.0 cm³/mol. The maximum atomic E-state index is 5.83. The molecule has 3 nitrogen and oxygen atoms in total. The van der Waals surface area contributed by atoms with Crippen LogP contribution in [0.2, 0.25) is 0 Å². The second-order valence-electron chi connectivity index (χ2n) is 6.84. The quantitative estimate of drug-likeness (QED) is 0.824. The van der Waals surface area contributed by atoms with Crippen LogP contribution in [-0.4, -0.2) is 17.1 Å². The molecule has 0 saturated heterocycles. The van der Waals surface area contributed by atoms with Crippen molar-refractivity contribution in [1.82, 2.24) is 10.3 Å². The summed E-state index contributed by atoms with van der Waals surface area (Å²) < 4.78 is 5.83. The van der Waals surface area contributed by atoms with E-state index >= 15 is 0 Å². The van der Waals surface area contributed by atoms with Crippen LogP contribution in [0, 0.1) is 5.92 Å². The highest BCUT2D eigenvalue weighted by molar-refractivity contribution is 5.25. The van der Waals surface area contributed by atoms with Crippen LogP contribution in [0.1, 0.15) is 58.2 Å². The molecule has 0 bridgehead atoms. The van der Waals surface area contributed by atoms with Gasteiger partial charge in [0.2, 0.25) is 5.88 Å². The van der Waals surface area contributed by atoms with Crippen LogP contribution in [0.25, 0.3) is 0 Å². The molecule has 1 aromatic heterocycles. The first-order valence-corrected chi connectivity index (χ1v) is 7.84. The minimum Gasteiger partial charge on any atom is -0.478 e. The van der Waals surface area contributed by atoms with E-state index in [0.29, 0.717) is 0 Å². The first-order chi connectivity index (χ1) is 9.46. The van der Waals surface area contributed by atoms with Crippen LogP contribution in [0.15, 0.2) is 12.1 Å². The molecule has 3 heteroatoms. The summed E-state index contributed by atoms with van der Waals surface area (Å²) in [6, 6.07) is 4.25. The molecule has 1 aromatic rings. The molecular formula is C17H28N2O. The summed E-state index contributed by atoms with van der Waals surface area (Å²) >= 11 is 0. The van der Waals surface area contributed by atoms with E-state index in [1.54, 1.807) is 0 Å². The molecule has 0 radical (unpaired) electrons. The van der Waals surface area contributed by atoms with Crippen LogP contribution in [-0.2, 0) is 13.0 Å². The Morgan fingerprint density at radius 3 is 2.65 bits per heavy atom. The number of rotatable bonds is 7. The maximum Gasteiger partial charge on any atom is 0.213 e. The van der Waals surface area contributed by atoms with E-state index in [4.69, 9.17) is 4.74 Å². The van der Waals surface area contributed by atoms with Crippen molar-refractivity contribution in [1.29, 1.82) is 0 Å². The van der Waals surface area contributed by atoms with Crippen LogP contribution in [0.5, 0.6) is 5.88 Å². The Bertz CT molecular complexity index is 433. The topological polar surface area (TPSA) is 34.1 Å². The highest BCUT2D eigenvalue weighted by Gasteiger charge is 2.20. The molecule has 1 fully saturated rings. The fourth-order valence-electron chi connectivity index (χ4n) is 2.08. The fourth-order valence-corrected chi connectivity index (χ4v) is 2.08. The van der Waals surface area contributed by atoms with Gasteiger partial charge in [-0.2, -0.15) is 0 Å². The molecule has 0 atom stereocenters. The number of pyridine rings is 1. The normalized spacial score (nSPS) is 15.4. The van der Waals surface area contributed by atoms with Crippen molar-refractivity contribution in [2.75, 3.05) is 6.61 Å². The van der Waals surface area contributed by atoms with Crippen molar-refractivity contribution in [3.8, 4) is 5.88 Å². The average molecular weight is 276 g/mol. The van der Waals surface area contributed by atoms with Crippen LogP contribution >= 0.6 is 0 Å². The predicted octanol–water partition coefficient (Wildman–Crippen LogP) is 3.71. The van der Waals surface area contributed by atoms with Crippen molar-refractivity contribution in [3.05, 3.63) is 23.4 Å². The SMILES string of the molecule is CCc1cc(CNC(C)(C)C)cc(OCCC2CC2)n1. The summed E-state index contributed by atoms with van der Waals surface area (Å²) in [7, 11) is 0. The van der Waals surface area contributed by atoms with Crippen LogP contribution in [0.4, 0.5) is 0 Å². The molecule has 0 aliphatic heterocycles. The third-order valence-electron chi connectivity index (χ3n) is 3.57. The zero-order valence-corrected chi connectivity index (χ0v) is 13.3. The average Bonchev–Trinajstić information content (AvgIpc) is 3.19. The van der Waals surface area contributed by atoms with E-state index in [9.17, 15) is 0 Å².